The highest BCUT2D eigenvalue weighted by Gasteiger charge is 2.19. The van der Waals surface area contributed by atoms with Crippen molar-refractivity contribution in [2.75, 3.05) is 31.1 Å². The van der Waals surface area contributed by atoms with Crippen molar-refractivity contribution in [1.82, 2.24) is 4.90 Å². The summed E-state index contributed by atoms with van der Waals surface area (Å²) in [5.41, 5.74) is 2.52. The molecule has 0 spiro atoms. The highest BCUT2D eigenvalue weighted by Crippen LogP contribution is 2.22. The highest BCUT2D eigenvalue weighted by atomic mass is 35.5. The number of hydrogen-bond donors (Lipinski definition) is 1. The van der Waals surface area contributed by atoms with Crippen LogP contribution in [0.2, 0.25) is 5.02 Å². The fourth-order valence-corrected chi connectivity index (χ4v) is 3.37. The van der Waals surface area contributed by atoms with Gasteiger partial charge in [-0.15, -0.1) is 0 Å². The first-order valence-corrected chi connectivity index (χ1v) is 9.41. The molecule has 0 atom stereocenters. The fourth-order valence-electron chi connectivity index (χ4n) is 3.25. The largest absolute Gasteiger partial charge is 0.504 e. The van der Waals surface area contributed by atoms with Crippen molar-refractivity contribution in [2.24, 2.45) is 0 Å². The summed E-state index contributed by atoms with van der Waals surface area (Å²) in [5.74, 6) is 0.127. The van der Waals surface area contributed by atoms with Gasteiger partial charge in [-0.3, -0.25) is 9.69 Å². The van der Waals surface area contributed by atoms with Gasteiger partial charge in [0.25, 0.3) is 0 Å². The zero-order chi connectivity index (χ0) is 18.7. The summed E-state index contributed by atoms with van der Waals surface area (Å²) in [6, 6.07) is 13.3. The minimum atomic E-state index is -0.298. The number of nitrogens with zero attached hydrogens (tertiary/aromatic N) is 2. The van der Waals surface area contributed by atoms with Crippen LogP contribution >= 0.6 is 11.6 Å². The molecule has 0 aliphatic carbocycles. The molecule has 0 radical (unpaired) electrons. The van der Waals surface area contributed by atoms with E-state index < -0.39 is 0 Å². The number of benzene rings is 1. The summed E-state index contributed by atoms with van der Waals surface area (Å²) >= 11 is 5.96. The molecule has 3 rings (SSSR count). The molecule has 4 nitrogen and oxygen atoms in total. The second-order valence-corrected chi connectivity index (χ2v) is 7.55. The van der Waals surface area contributed by atoms with Gasteiger partial charge < -0.3 is 10.0 Å². The lowest BCUT2D eigenvalue weighted by molar-refractivity contribution is 0.246. The zero-order valence-electron chi connectivity index (χ0n) is 15.3. The quantitative estimate of drug-likeness (QED) is 0.885. The summed E-state index contributed by atoms with van der Waals surface area (Å²) in [6.07, 6.45) is 0. The number of hydrogen-bond acceptors (Lipinski definition) is 4. The molecule has 2 aromatic rings. The second kappa shape index (κ2) is 8.11. The molecule has 0 bridgehead atoms. The molecule has 0 amide bonds. The lowest BCUT2D eigenvalue weighted by Crippen LogP contribution is -2.46. The Morgan fingerprint density at radius 2 is 1.69 bits per heavy atom. The van der Waals surface area contributed by atoms with Crippen LogP contribution in [0, 0.1) is 0 Å². The Labute approximate surface area is 159 Å². The van der Waals surface area contributed by atoms with E-state index in [-0.39, 0.29) is 17.1 Å². The van der Waals surface area contributed by atoms with Crippen LogP contribution in [-0.2, 0) is 6.54 Å². The van der Waals surface area contributed by atoms with Gasteiger partial charge in [0.05, 0.1) is 0 Å². The van der Waals surface area contributed by atoms with E-state index in [2.05, 4.69) is 9.80 Å². The monoisotopic (exact) mass is 372 g/mol. The van der Waals surface area contributed by atoms with Crippen molar-refractivity contribution < 1.29 is 5.11 Å². The first-order chi connectivity index (χ1) is 12.4. The lowest BCUT2D eigenvalue weighted by Gasteiger charge is -2.36. The highest BCUT2D eigenvalue weighted by molar-refractivity contribution is 6.30. The van der Waals surface area contributed by atoms with Gasteiger partial charge in [0, 0.05) is 49.0 Å². The van der Waals surface area contributed by atoms with Gasteiger partial charge in [0.2, 0.25) is 5.43 Å². The van der Waals surface area contributed by atoms with E-state index in [0.29, 0.717) is 12.1 Å². The van der Waals surface area contributed by atoms with Crippen LogP contribution in [0.3, 0.4) is 0 Å². The maximum Gasteiger partial charge on any atom is 0.220 e. The van der Waals surface area contributed by atoms with E-state index in [0.717, 1.165) is 36.8 Å². The Balaban J connectivity index is 1.68. The molecule has 5 heteroatoms. The predicted molar refractivity (Wildman–Crippen MR) is 107 cm³/mol. The molecule has 2 aromatic carbocycles. The summed E-state index contributed by atoms with van der Waals surface area (Å²) in [4.78, 5) is 16.8. The number of aromatic hydroxyl groups is 1. The first kappa shape index (κ1) is 18.7. The molecule has 1 aliphatic heterocycles. The van der Waals surface area contributed by atoms with Crippen molar-refractivity contribution in [2.45, 2.75) is 26.3 Å². The van der Waals surface area contributed by atoms with Crippen LogP contribution in [0.15, 0.2) is 47.3 Å². The van der Waals surface area contributed by atoms with Gasteiger partial charge in [-0.05, 0) is 41.8 Å². The Morgan fingerprint density at radius 1 is 1.04 bits per heavy atom. The van der Waals surface area contributed by atoms with Gasteiger partial charge >= 0.3 is 0 Å². The average Bonchev–Trinajstić information content (AvgIpc) is 2.77. The molecule has 0 saturated carbocycles. The standard InChI is InChI=1S/C21H25ClN2O2/c1-15(2)16-3-4-17(21(26)20(25)13-16)14-23-9-11-24(12-10-23)19-7-5-18(22)6-8-19/h3-8,13,15H,9-12,14H2,1-2H3,(H,25,26). The Bertz CT molecular complexity index is 813. The zero-order valence-corrected chi connectivity index (χ0v) is 16.0. The van der Waals surface area contributed by atoms with Crippen molar-refractivity contribution in [1.29, 1.82) is 0 Å². The molecule has 0 unspecified atom stereocenters. The van der Waals surface area contributed by atoms with Gasteiger partial charge in [-0.2, -0.15) is 0 Å². The van der Waals surface area contributed by atoms with Crippen LogP contribution in [0.1, 0.15) is 30.9 Å². The fraction of sp³-hybridized carbons (Fsp3) is 0.381. The molecule has 1 N–H and O–H groups in total. The summed E-state index contributed by atoms with van der Waals surface area (Å²) in [7, 11) is 0. The second-order valence-electron chi connectivity index (χ2n) is 7.11. The molecule has 1 aliphatic rings. The molecule has 1 heterocycles. The summed E-state index contributed by atoms with van der Waals surface area (Å²) in [5, 5.41) is 11.0. The van der Waals surface area contributed by atoms with Crippen LogP contribution < -0.4 is 10.3 Å². The van der Waals surface area contributed by atoms with E-state index >= 15 is 0 Å². The Morgan fingerprint density at radius 3 is 2.31 bits per heavy atom. The smallest absolute Gasteiger partial charge is 0.220 e. The van der Waals surface area contributed by atoms with Crippen molar-refractivity contribution in [3.63, 3.8) is 0 Å². The summed E-state index contributed by atoms with van der Waals surface area (Å²) in [6.45, 7) is 8.24. The molecule has 1 saturated heterocycles. The number of rotatable bonds is 4. The average molecular weight is 373 g/mol. The normalized spacial score (nSPS) is 15.5. The van der Waals surface area contributed by atoms with E-state index in [9.17, 15) is 9.90 Å². The van der Waals surface area contributed by atoms with Gasteiger partial charge in [-0.25, -0.2) is 0 Å². The van der Waals surface area contributed by atoms with Gasteiger partial charge in [0.15, 0.2) is 5.75 Å². The molecular formula is C21H25ClN2O2. The molecule has 0 aromatic heterocycles. The van der Waals surface area contributed by atoms with E-state index in [1.807, 2.05) is 50.2 Å². The minimum absolute atomic E-state index is 0.128. The molecular weight excluding hydrogens is 348 g/mol. The lowest BCUT2D eigenvalue weighted by atomic mass is 10.1. The molecule has 1 fully saturated rings. The van der Waals surface area contributed by atoms with Crippen LogP contribution in [0.25, 0.3) is 0 Å². The van der Waals surface area contributed by atoms with E-state index in [4.69, 9.17) is 11.6 Å². The van der Waals surface area contributed by atoms with Crippen molar-refractivity contribution in [3.8, 4) is 5.75 Å². The number of anilines is 1. The van der Waals surface area contributed by atoms with Crippen LogP contribution in [0.5, 0.6) is 5.75 Å². The third-order valence-electron chi connectivity index (χ3n) is 4.94. The first-order valence-electron chi connectivity index (χ1n) is 9.03. The van der Waals surface area contributed by atoms with Crippen molar-refractivity contribution in [3.05, 3.63) is 68.8 Å². The van der Waals surface area contributed by atoms with E-state index in [1.54, 1.807) is 6.07 Å². The maximum absolute atomic E-state index is 12.2. The number of piperazine rings is 1. The maximum atomic E-state index is 12.2. The summed E-state index contributed by atoms with van der Waals surface area (Å²) < 4.78 is 0. The minimum Gasteiger partial charge on any atom is -0.504 e. The topological polar surface area (TPSA) is 43.8 Å². The molecule has 26 heavy (non-hydrogen) atoms. The predicted octanol–water partition coefficient (Wildman–Crippen LogP) is 3.85. The van der Waals surface area contributed by atoms with Gasteiger partial charge in [0.1, 0.15) is 0 Å². The van der Waals surface area contributed by atoms with Crippen LogP contribution in [0.4, 0.5) is 5.69 Å². The van der Waals surface area contributed by atoms with Gasteiger partial charge in [-0.1, -0.05) is 37.6 Å². The van der Waals surface area contributed by atoms with Crippen LogP contribution in [-0.4, -0.2) is 36.2 Å². The molecule has 138 valence electrons. The Kier molecular flexibility index (Phi) is 5.84. The third-order valence-corrected chi connectivity index (χ3v) is 5.19. The number of halogens is 1. The third kappa shape index (κ3) is 4.37. The SMILES string of the molecule is CC(C)c1ccc(CN2CCN(c3ccc(Cl)cc3)CC2)c(O)c(=O)c1. The Hall–Kier alpha value is -2.04. The van der Waals surface area contributed by atoms with E-state index in [1.165, 1.54) is 5.69 Å². The van der Waals surface area contributed by atoms with Crippen molar-refractivity contribution >= 4 is 17.3 Å².